The number of nitrogens with one attached hydrogen (secondary N) is 2. The molecule has 0 atom stereocenters. The lowest BCUT2D eigenvalue weighted by atomic mass is 10.2. The van der Waals surface area contributed by atoms with Gasteiger partial charge in [0.25, 0.3) is 0 Å². The van der Waals surface area contributed by atoms with Crippen LogP contribution in [0.5, 0.6) is 0 Å². The van der Waals surface area contributed by atoms with Gasteiger partial charge in [0.05, 0.1) is 11.9 Å². The van der Waals surface area contributed by atoms with Crippen molar-refractivity contribution < 1.29 is 9.90 Å². The lowest BCUT2D eigenvalue weighted by molar-refractivity contribution is -0.111. The van der Waals surface area contributed by atoms with Crippen LogP contribution in [-0.2, 0) is 4.79 Å². The highest BCUT2D eigenvalue weighted by molar-refractivity contribution is 6.01. The van der Waals surface area contributed by atoms with Gasteiger partial charge >= 0.3 is 0 Å². The Bertz CT molecular complexity index is 610. The number of hydrogen-bond donors (Lipinski definition) is 3. The van der Waals surface area contributed by atoms with E-state index < -0.39 is 0 Å². The first-order valence-electron chi connectivity index (χ1n) is 7.13. The van der Waals surface area contributed by atoms with Crippen molar-refractivity contribution >= 4 is 23.5 Å². The van der Waals surface area contributed by atoms with E-state index in [1.54, 1.807) is 24.4 Å². The number of rotatable bonds is 7. The number of benzene rings is 1. The fraction of sp³-hybridized carbons (Fsp3) is 0.176. The highest BCUT2D eigenvalue weighted by atomic mass is 16.3. The molecule has 1 aromatic heterocycles. The second-order valence-corrected chi connectivity index (χ2v) is 4.67. The van der Waals surface area contributed by atoms with Crippen molar-refractivity contribution in [1.29, 1.82) is 0 Å². The van der Waals surface area contributed by atoms with Crippen LogP contribution in [0, 0.1) is 0 Å². The Hall–Kier alpha value is -2.66. The molecule has 0 aliphatic rings. The number of hydrogen-bond acceptors (Lipinski definition) is 4. The third-order valence-electron chi connectivity index (χ3n) is 2.90. The van der Waals surface area contributed by atoms with E-state index in [-0.39, 0.29) is 12.5 Å². The van der Waals surface area contributed by atoms with E-state index in [9.17, 15) is 4.79 Å². The average Bonchev–Trinajstić information content (AvgIpc) is 2.56. The molecule has 0 unspecified atom stereocenters. The van der Waals surface area contributed by atoms with Gasteiger partial charge in [0.15, 0.2) is 0 Å². The van der Waals surface area contributed by atoms with Crippen molar-refractivity contribution in [3.63, 3.8) is 0 Å². The van der Waals surface area contributed by atoms with Crippen LogP contribution in [0.25, 0.3) is 6.08 Å². The molecule has 0 radical (unpaired) electrons. The quantitative estimate of drug-likeness (QED) is 0.542. The number of pyridine rings is 1. The van der Waals surface area contributed by atoms with Gasteiger partial charge < -0.3 is 15.7 Å². The van der Waals surface area contributed by atoms with Crippen molar-refractivity contribution in [2.24, 2.45) is 0 Å². The zero-order chi connectivity index (χ0) is 15.6. The van der Waals surface area contributed by atoms with E-state index in [4.69, 9.17) is 5.11 Å². The van der Waals surface area contributed by atoms with Crippen LogP contribution in [0.1, 0.15) is 12.0 Å². The molecule has 0 saturated carbocycles. The summed E-state index contributed by atoms with van der Waals surface area (Å²) < 4.78 is 0. The Kier molecular flexibility index (Phi) is 6.14. The fourth-order valence-corrected chi connectivity index (χ4v) is 1.79. The topological polar surface area (TPSA) is 74.2 Å². The van der Waals surface area contributed by atoms with E-state index in [2.05, 4.69) is 15.6 Å². The maximum atomic E-state index is 11.8. The number of amides is 1. The lowest BCUT2D eigenvalue weighted by Crippen LogP contribution is -2.09. The van der Waals surface area contributed by atoms with E-state index in [0.29, 0.717) is 24.5 Å². The smallest absolute Gasteiger partial charge is 0.248 e. The van der Waals surface area contributed by atoms with Gasteiger partial charge in [-0.05, 0) is 30.2 Å². The Balaban J connectivity index is 1.85. The second kappa shape index (κ2) is 8.59. The summed E-state index contributed by atoms with van der Waals surface area (Å²) in [6.45, 7) is 0.809. The fourth-order valence-electron chi connectivity index (χ4n) is 1.79. The number of aliphatic hydroxyl groups is 1. The van der Waals surface area contributed by atoms with Gasteiger partial charge in [-0.3, -0.25) is 4.79 Å². The van der Waals surface area contributed by atoms with Crippen molar-refractivity contribution in [1.82, 2.24) is 4.98 Å². The number of aliphatic hydroxyl groups excluding tert-OH is 1. The Morgan fingerprint density at radius 2 is 2.00 bits per heavy atom. The molecule has 3 N–H and O–H groups in total. The monoisotopic (exact) mass is 297 g/mol. The van der Waals surface area contributed by atoms with Crippen LogP contribution in [0.4, 0.5) is 11.5 Å². The third kappa shape index (κ3) is 5.38. The molecule has 0 fully saturated rings. The molecule has 1 amide bonds. The molecule has 1 aromatic carbocycles. The zero-order valence-corrected chi connectivity index (χ0v) is 12.2. The summed E-state index contributed by atoms with van der Waals surface area (Å²) in [6, 6.07) is 13.2. The predicted octanol–water partition coefficient (Wildman–Crippen LogP) is 2.53. The minimum atomic E-state index is -0.202. The first-order chi connectivity index (χ1) is 10.8. The van der Waals surface area contributed by atoms with Crippen LogP contribution in [0.3, 0.4) is 0 Å². The molecule has 0 aliphatic heterocycles. The minimum absolute atomic E-state index is 0.148. The van der Waals surface area contributed by atoms with Crippen molar-refractivity contribution in [3.8, 4) is 0 Å². The maximum Gasteiger partial charge on any atom is 0.248 e. The lowest BCUT2D eigenvalue weighted by Gasteiger charge is -2.06. The van der Waals surface area contributed by atoms with Gasteiger partial charge in [-0.25, -0.2) is 4.98 Å². The van der Waals surface area contributed by atoms with Crippen LogP contribution in [0.2, 0.25) is 0 Å². The van der Waals surface area contributed by atoms with Crippen LogP contribution in [-0.4, -0.2) is 29.1 Å². The summed E-state index contributed by atoms with van der Waals surface area (Å²) in [5.41, 5.74) is 1.61. The summed E-state index contributed by atoms with van der Waals surface area (Å²) >= 11 is 0. The normalized spacial score (nSPS) is 10.6. The second-order valence-electron chi connectivity index (χ2n) is 4.67. The van der Waals surface area contributed by atoms with Gasteiger partial charge in [0, 0.05) is 19.2 Å². The SMILES string of the molecule is O=C(/C=C/c1ccccc1)Nc1ccc(NCCCO)nc1. The van der Waals surface area contributed by atoms with Gasteiger partial charge in [0.2, 0.25) is 5.91 Å². The molecule has 1 heterocycles. The molecular formula is C17H19N3O2. The maximum absolute atomic E-state index is 11.8. The summed E-state index contributed by atoms with van der Waals surface area (Å²) in [5.74, 6) is 0.512. The molecule has 0 aliphatic carbocycles. The van der Waals surface area contributed by atoms with Gasteiger partial charge in [-0.1, -0.05) is 30.3 Å². The number of carbonyl (C=O) groups excluding carboxylic acids is 1. The first-order valence-corrected chi connectivity index (χ1v) is 7.13. The predicted molar refractivity (Wildman–Crippen MR) is 88.5 cm³/mol. The first kappa shape index (κ1) is 15.7. The number of carbonyl (C=O) groups is 1. The average molecular weight is 297 g/mol. The highest BCUT2D eigenvalue weighted by Crippen LogP contribution is 2.10. The molecule has 5 nitrogen and oxygen atoms in total. The van der Waals surface area contributed by atoms with Gasteiger partial charge in [-0.15, -0.1) is 0 Å². The molecule has 0 spiro atoms. The number of anilines is 2. The van der Waals surface area contributed by atoms with Gasteiger partial charge in [-0.2, -0.15) is 0 Å². The standard InChI is InChI=1S/C17H19N3O2/c21-12-4-11-18-16-9-8-15(13-19-16)20-17(22)10-7-14-5-2-1-3-6-14/h1-3,5-10,13,21H,4,11-12H2,(H,18,19)(H,20,22)/b10-7+. The highest BCUT2D eigenvalue weighted by Gasteiger charge is 1.99. The summed E-state index contributed by atoms with van der Waals surface area (Å²) in [7, 11) is 0. The largest absolute Gasteiger partial charge is 0.396 e. The van der Waals surface area contributed by atoms with E-state index in [1.807, 2.05) is 30.3 Å². The summed E-state index contributed by atoms with van der Waals surface area (Å²) in [5, 5.41) is 14.5. The van der Waals surface area contributed by atoms with Crippen LogP contribution >= 0.6 is 0 Å². The summed E-state index contributed by atoms with van der Waals surface area (Å²) in [4.78, 5) is 16.0. The van der Waals surface area contributed by atoms with Crippen LogP contribution < -0.4 is 10.6 Å². The Labute approximate surface area is 129 Å². The molecule has 22 heavy (non-hydrogen) atoms. The molecule has 2 rings (SSSR count). The number of nitrogens with zero attached hydrogens (tertiary/aromatic N) is 1. The Morgan fingerprint density at radius 3 is 2.68 bits per heavy atom. The van der Waals surface area contributed by atoms with E-state index in [1.165, 1.54) is 6.08 Å². The van der Waals surface area contributed by atoms with Crippen molar-refractivity contribution in [2.45, 2.75) is 6.42 Å². The van der Waals surface area contributed by atoms with E-state index in [0.717, 1.165) is 5.56 Å². The molecule has 5 heteroatoms. The number of aromatic nitrogens is 1. The molecular weight excluding hydrogens is 278 g/mol. The zero-order valence-electron chi connectivity index (χ0n) is 12.2. The summed E-state index contributed by atoms with van der Waals surface area (Å²) in [6.07, 6.45) is 5.51. The Morgan fingerprint density at radius 1 is 1.18 bits per heavy atom. The molecule has 0 bridgehead atoms. The van der Waals surface area contributed by atoms with Crippen molar-refractivity contribution in [2.75, 3.05) is 23.8 Å². The molecule has 0 saturated heterocycles. The van der Waals surface area contributed by atoms with Crippen molar-refractivity contribution in [3.05, 3.63) is 60.3 Å². The molecule has 114 valence electrons. The van der Waals surface area contributed by atoms with Gasteiger partial charge in [0.1, 0.15) is 5.82 Å². The van der Waals surface area contributed by atoms with Crippen LogP contribution in [0.15, 0.2) is 54.7 Å². The minimum Gasteiger partial charge on any atom is -0.396 e. The van der Waals surface area contributed by atoms with E-state index >= 15 is 0 Å². The molecule has 2 aromatic rings. The third-order valence-corrected chi connectivity index (χ3v) is 2.90.